The van der Waals surface area contributed by atoms with Gasteiger partial charge in [-0.3, -0.25) is 24.1 Å². The van der Waals surface area contributed by atoms with E-state index in [0.717, 1.165) is 25.7 Å². The number of nitrogens with one attached hydrogen (secondary N) is 1. The quantitative estimate of drug-likeness (QED) is 0.205. The van der Waals surface area contributed by atoms with Gasteiger partial charge in [-0.15, -0.1) is 0 Å². The number of anilines is 1. The number of phenolic OH excluding ortho intramolecular Hbond substituents is 1. The average Bonchev–Trinajstić information content (AvgIpc) is 3.42. The molecule has 2 unspecified atom stereocenters. The van der Waals surface area contributed by atoms with Crippen molar-refractivity contribution >= 4 is 29.1 Å². The summed E-state index contributed by atoms with van der Waals surface area (Å²) in [5.74, 6) is -10.1. The van der Waals surface area contributed by atoms with Crippen LogP contribution in [0.1, 0.15) is 54.4 Å². The van der Waals surface area contributed by atoms with Gasteiger partial charge in [-0.1, -0.05) is 19.8 Å². The highest BCUT2D eigenvalue weighted by Crippen LogP contribution is 2.56. The third-order valence-electron chi connectivity index (χ3n) is 9.09. The number of aromatic hydroxyl groups is 1. The van der Waals surface area contributed by atoms with Crippen LogP contribution >= 0.6 is 0 Å². The van der Waals surface area contributed by atoms with Crippen molar-refractivity contribution in [3.05, 3.63) is 45.9 Å². The number of nitrogens with two attached hydrogens (primary N) is 1. The molecular weight excluding hydrogens is 522 g/mol. The highest BCUT2D eigenvalue weighted by Gasteiger charge is 2.67. The van der Waals surface area contributed by atoms with E-state index in [-0.39, 0.29) is 28.6 Å². The Balaban J connectivity index is 1.71. The zero-order valence-electron chi connectivity index (χ0n) is 22.3. The average molecular weight is 556 g/mol. The maximum Gasteiger partial charge on any atom is 0.255 e. The van der Waals surface area contributed by atoms with Crippen LogP contribution in [0.2, 0.25) is 0 Å². The fourth-order valence-corrected chi connectivity index (χ4v) is 7.24. The van der Waals surface area contributed by atoms with Crippen LogP contribution in [0.15, 0.2) is 34.8 Å². The topological polar surface area (TPSA) is 211 Å². The van der Waals surface area contributed by atoms with Gasteiger partial charge in [0.1, 0.15) is 22.8 Å². The molecule has 40 heavy (non-hydrogen) atoms. The second-order valence-corrected chi connectivity index (χ2v) is 11.4. The Morgan fingerprint density at radius 2 is 1.73 bits per heavy atom. The molecule has 2 amide bonds. The largest absolute Gasteiger partial charge is 0.510 e. The Bertz CT molecular complexity index is 1410. The van der Waals surface area contributed by atoms with Gasteiger partial charge in [-0.2, -0.15) is 0 Å². The molecule has 8 N–H and O–H groups in total. The number of aliphatic hydroxyl groups excluding tert-OH is 3. The van der Waals surface area contributed by atoms with Gasteiger partial charge in [0.25, 0.3) is 5.91 Å². The first-order valence-corrected chi connectivity index (χ1v) is 13.2. The number of hydrogen-bond acceptors (Lipinski definition) is 10. The minimum absolute atomic E-state index is 0.197. The number of aliphatic hydroxyl groups is 4. The second-order valence-electron chi connectivity index (χ2n) is 11.4. The molecule has 4 aliphatic carbocycles. The summed E-state index contributed by atoms with van der Waals surface area (Å²) in [6.45, 7) is 1.63. The minimum Gasteiger partial charge on any atom is -0.510 e. The van der Waals surface area contributed by atoms with Crippen LogP contribution in [0, 0.1) is 17.8 Å². The lowest BCUT2D eigenvalue weighted by Gasteiger charge is -2.53. The molecule has 4 aliphatic rings. The van der Waals surface area contributed by atoms with Crippen molar-refractivity contribution in [3.8, 4) is 5.75 Å². The van der Waals surface area contributed by atoms with Gasteiger partial charge in [0.2, 0.25) is 11.7 Å². The monoisotopic (exact) mass is 555 g/mol. The highest BCUT2D eigenvalue weighted by molar-refractivity contribution is 6.25. The number of ketones is 2. The number of benzene rings is 1. The van der Waals surface area contributed by atoms with Gasteiger partial charge in [-0.05, 0) is 50.6 Å². The van der Waals surface area contributed by atoms with E-state index in [4.69, 9.17) is 5.73 Å². The molecule has 12 heteroatoms. The third-order valence-corrected chi connectivity index (χ3v) is 9.09. The Morgan fingerprint density at radius 1 is 1.10 bits per heavy atom. The molecular formula is C28H33N3O9. The van der Waals surface area contributed by atoms with E-state index in [9.17, 15) is 44.7 Å². The summed E-state index contributed by atoms with van der Waals surface area (Å²) < 4.78 is 0. The summed E-state index contributed by atoms with van der Waals surface area (Å²) in [5.41, 5.74) is 1.16. The SMILES string of the molecule is CC1c2c(NC(=O)C3CCCC3)ccc(O)c2C(=O)C2=C(O)[C@]3(O)C(=O)C(C(N)=O)=C(O)[C@@H](N(C)C)[C@@H]3C(O)[C@@H]21. The predicted octanol–water partition coefficient (Wildman–Crippen LogP) is 0.781. The number of carbonyl (C=O) groups is 4. The molecule has 0 aliphatic heterocycles. The zero-order valence-corrected chi connectivity index (χ0v) is 22.3. The number of nitrogens with zero attached hydrogens (tertiary/aromatic N) is 1. The van der Waals surface area contributed by atoms with Gasteiger partial charge in [0.15, 0.2) is 11.4 Å². The van der Waals surface area contributed by atoms with E-state index in [2.05, 4.69) is 5.32 Å². The Kier molecular flexibility index (Phi) is 6.55. The maximum atomic E-state index is 13.9. The Hall–Kier alpha value is -3.74. The van der Waals surface area contributed by atoms with E-state index in [1.165, 1.54) is 31.1 Å². The predicted molar refractivity (Wildman–Crippen MR) is 140 cm³/mol. The van der Waals surface area contributed by atoms with Crippen molar-refractivity contribution in [2.75, 3.05) is 19.4 Å². The van der Waals surface area contributed by atoms with E-state index in [0.29, 0.717) is 0 Å². The number of rotatable bonds is 4. The van der Waals surface area contributed by atoms with E-state index < -0.39 is 81.4 Å². The number of hydrogen-bond donors (Lipinski definition) is 7. The van der Waals surface area contributed by atoms with E-state index in [1.807, 2.05) is 0 Å². The van der Waals surface area contributed by atoms with Crippen molar-refractivity contribution in [3.63, 3.8) is 0 Å². The van der Waals surface area contributed by atoms with Crippen LogP contribution in [0.3, 0.4) is 0 Å². The molecule has 0 radical (unpaired) electrons. The molecule has 0 bridgehead atoms. The summed E-state index contributed by atoms with van der Waals surface area (Å²) in [4.78, 5) is 53.8. The van der Waals surface area contributed by atoms with Gasteiger partial charge in [0.05, 0.1) is 23.6 Å². The first kappa shape index (κ1) is 27.8. The lowest BCUT2D eigenvalue weighted by Crippen LogP contribution is -2.68. The zero-order chi connectivity index (χ0) is 29.4. The van der Waals surface area contributed by atoms with Crippen molar-refractivity contribution < 1.29 is 44.7 Å². The van der Waals surface area contributed by atoms with E-state index in [1.54, 1.807) is 6.92 Å². The van der Waals surface area contributed by atoms with Crippen LogP contribution in [0.4, 0.5) is 5.69 Å². The lowest BCUT2D eigenvalue weighted by atomic mass is 9.55. The molecule has 0 aromatic heterocycles. The molecule has 0 heterocycles. The summed E-state index contributed by atoms with van der Waals surface area (Å²) in [7, 11) is 2.94. The summed E-state index contributed by atoms with van der Waals surface area (Å²) in [6, 6.07) is 1.34. The normalized spacial score (nSPS) is 32.2. The van der Waals surface area contributed by atoms with E-state index >= 15 is 0 Å². The minimum atomic E-state index is -2.98. The van der Waals surface area contributed by atoms with Crippen LogP contribution < -0.4 is 11.1 Å². The van der Waals surface area contributed by atoms with Gasteiger partial charge >= 0.3 is 0 Å². The van der Waals surface area contributed by atoms with Crippen molar-refractivity contribution in [2.24, 2.45) is 23.5 Å². The molecule has 1 fully saturated rings. The summed E-state index contributed by atoms with van der Waals surface area (Å²) >= 11 is 0. The number of amides is 2. The standard InChI is InChI=1S/C28H33N3O9/c1-10-14-12(30-27(39)11-6-4-5-7-11)8-9-13(32)16(14)21(33)17-15(10)22(34)19-20(31(2)3)23(35)18(26(29)38)25(37)28(19,40)24(17)36/h8-11,15,19-20,22,32,34-36,40H,4-7H2,1-3H3,(H2,29,38)(H,30,39)/t10?,15-,19-,20+,22?,28+/m1/s1. The fourth-order valence-electron chi connectivity index (χ4n) is 7.24. The van der Waals surface area contributed by atoms with Crippen molar-refractivity contribution in [1.29, 1.82) is 0 Å². The first-order valence-electron chi connectivity index (χ1n) is 13.2. The number of fused-ring (bicyclic) bond motifs is 3. The summed E-state index contributed by atoms with van der Waals surface area (Å²) in [5, 5.41) is 59.4. The Morgan fingerprint density at radius 3 is 2.30 bits per heavy atom. The molecule has 5 rings (SSSR count). The number of likely N-dealkylation sites (N-methyl/N-ethyl adjacent to an activating group) is 1. The van der Waals surface area contributed by atoms with Crippen molar-refractivity contribution in [2.45, 2.75) is 56.3 Å². The molecule has 1 aromatic rings. The number of phenols is 1. The smallest absolute Gasteiger partial charge is 0.255 e. The maximum absolute atomic E-state index is 13.9. The molecule has 214 valence electrons. The van der Waals surface area contributed by atoms with Crippen molar-refractivity contribution in [1.82, 2.24) is 4.90 Å². The van der Waals surface area contributed by atoms with Crippen LogP contribution in [0.5, 0.6) is 5.75 Å². The van der Waals surface area contributed by atoms with Gasteiger partial charge in [0, 0.05) is 23.1 Å². The van der Waals surface area contributed by atoms with Gasteiger partial charge < -0.3 is 36.6 Å². The van der Waals surface area contributed by atoms with Crippen LogP contribution in [-0.2, 0) is 14.4 Å². The summed E-state index contributed by atoms with van der Waals surface area (Å²) in [6.07, 6.45) is 1.60. The molecule has 0 spiro atoms. The molecule has 0 saturated heterocycles. The van der Waals surface area contributed by atoms with Crippen LogP contribution in [-0.4, -0.2) is 85.7 Å². The number of primary amides is 1. The molecule has 12 nitrogen and oxygen atoms in total. The molecule has 1 aromatic carbocycles. The fraction of sp³-hybridized carbons (Fsp3) is 0.500. The number of Topliss-reactive ketones (excluding diaryl/α,β-unsaturated/α-hetero) is 2. The molecule has 6 atom stereocenters. The Labute approximate surface area is 229 Å². The molecule has 1 saturated carbocycles. The second kappa shape index (κ2) is 9.43. The first-order chi connectivity index (χ1) is 18.7. The third kappa shape index (κ3) is 3.62. The number of carbonyl (C=O) groups excluding carboxylic acids is 4. The van der Waals surface area contributed by atoms with Gasteiger partial charge in [-0.25, -0.2) is 0 Å². The highest BCUT2D eigenvalue weighted by atomic mass is 16.4. The lowest BCUT2D eigenvalue weighted by molar-refractivity contribution is -0.162. The van der Waals surface area contributed by atoms with Crippen LogP contribution in [0.25, 0.3) is 0 Å².